The van der Waals surface area contributed by atoms with Gasteiger partial charge in [0.2, 0.25) is 0 Å². The van der Waals surface area contributed by atoms with Gasteiger partial charge in [0.05, 0.1) is 0 Å². The van der Waals surface area contributed by atoms with E-state index in [0.717, 1.165) is 5.56 Å². The molecular formula is C17H15ClO2. The average Bonchev–Trinajstić information content (AvgIpc) is 2.37. The van der Waals surface area contributed by atoms with Gasteiger partial charge in [-0.1, -0.05) is 29.5 Å². The summed E-state index contributed by atoms with van der Waals surface area (Å²) in [7, 11) is 0. The summed E-state index contributed by atoms with van der Waals surface area (Å²) in [5.74, 6) is 7.07. The summed E-state index contributed by atoms with van der Waals surface area (Å²) in [5, 5.41) is 10.2. The van der Waals surface area contributed by atoms with E-state index in [0.29, 0.717) is 16.5 Å². The highest BCUT2D eigenvalue weighted by Gasteiger charge is 2.05. The SMILES string of the molecule is CC(C)(O)C#Cc1ccc(Oc2cccc(Cl)c2)cc1. The summed E-state index contributed by atoms with van der Waals surface area (Å²) in [5.41, 5.74) is -0.166. The van der Waals surface area contributed by atoms with Crippen LogP contribution in [0.25, 0.3) is 0 Å². The second kappa shape index (κ2) is 6.00. The van der Waals surface area contributed by atoms with Crippen LogP contribution in [0.5, 0.6) is 11.5 Å². The Labute approximate surface area is 124 Å². The minimum absolute atomic E-state index is 0.634. The fourth-order valence-corrected chi connectivity index (χ4v) is 1.68. The van der Waals surface area contributed by atoms with E-state index in [1.165, 1.54) is 0 Å². The van der Waals surface area contributed by atoms with Crippen molar-refractivity contribution in [3.63, 3.8) is 0 Å². The van der Waals surface area contributed by atoms with Crippen molar-refractivity contribution in [2.45, 2.75) is 19.4 Å². The van der Waals surface area contributed by atoms with E-state index in [-0.39, 0.29) is 0 Å². The van der Waals surface area contributed by atoms with E-state index in [4.69, 9.17) is 16.3 Å². The van der Waals surface area contributed by atoms with Crippen LogP contribution in [0.1, 0.15) is 19.4 Å². The van der Waals surface area contributed by atoms with Gasteiger partial charge in [-0.05, 0) is 56.3 Å². The molecule has 20 heavy (non-hydrogen) atoms. The lowest BCUT2D eigenvalue weighted by molar-refractivity contribution is 0.143. The maximum Gasteiger partial charge on any atom is 0.128 e. The van der Waals surface area contributed by atoms with Crippen LogP contribution >= 0.6 is 11.6 Å². The van der Waals surface area contributed by atoms with Crippen LogP contribution in [0.2, 0.25) is 5.02 Å². The molecule has 2 rings (SSSR count). The monoisotopic (exact) mass is 286 g/mol. The standard InChI is InChI=1S/C17H15ClO2/c1-17(2,19)11-10-13-6-8-15(9-7-13)20-16-5-3-4-14(18)12-16/h3-9,12,19H,1-2H3. The lowest BCUT2D eigenvalue weighted by atomic mass is 10.1. The highest BCUT2D eigenvalue weighted by Crippen LogP contribution is 2.24. The zero-order chi connectivity index (χ0) is 14.6. The van der Waals surface area contributed by atoms with E-state index >= 15 is 0 Å². The topological polar surface area (TPSA) is 29.5 Å². The van der Waals surface area contributed by atoms with E-state index in [1.807, 2.05) is 36.4 Å². The van der Waals surface area contributed by atoms with Crippen LogP contribution in [-0.2, 0) is 0 Å². The first kappa shape index (κ1) is 14.5. The Morgan fingerprint density at radius 2 is 1.75 bits per heavy atom. The van der Waals surface area contributed by atoms with Crippen LogP contribution in [0.3, 0.4) is 0 Å². The minimum atomic E-state index is -0.990. The third-order valence-corrected chi connectivity index (χ3v) is 2.63. The van der Waals surface area contributed by atoms with Gasteiger partial charge in [0.25, 0.3) is 0 Å². The van der Waals surface area contributed by atoms with E-state index < -0.39 is 5.60 Å². The minimum Gasteiger partial charge on any atom is -0.457 e. The Balaban J connectivity index is 2.10. The molecule has 0 aliphatic carbocycles. The second-order valence-electron chi connectivity index (χ2n) is 4.89. The van der Waals surface area contributed by atoms with Crippen molar-refractivity contribution in [3.05, 3.63) is 59.1 Å². The fraction of sp³-hybridized carbons (Fsp3) is 0.176. The maximum atomic E-state index is 9.54. The number of ether oxygens (including phenoxy) is 1. The van der Waals surface area contributed by atoms with Crippen LogP contribution < -0.4 is 4.74 Å². The Morgan fingerprint density at radius 3 is 2.35 bits per heavy atom. The molecule has 0 bridgehead atoms. The van der Waals surface area contributed by atoms with Crippen molar-refractivity contribution in [2.24, 2.45) is 0 Å². The summed E-state index contributed by atoms with van der Waals surface area (Å²) >= 11 is 5.90. The maximum absolute atomic E-state index is 9.54. The molecule has 0 saturated heterocycles. The molecule has 2 aromatic carbocycles. The third-order valence-electron chi connectivity index (χ3n) is 2.40. The van der Waals surface area contributed by atoms with Gasteiger partial charge < -0.3 is 9.84 Å². The number of aliphatic hydroxyl groups is 1. The van der Waals surface area contributed by atoms with Crippen LogP contribution in [0.15, 0.2) is 48.5 Å². The van der Waals surface area contributed by atoms with Gasteiger partial charge in [-0.3, -0.25) is 0 Å². The highest BCUT2D eigenvalue weighted by atomic mass is 35.5. The molecule has 2 aromatic rings. The van der Waals surface area contributed by atoms with Crippen molar-refractivity contribution >= 4 is 11.6 Å². The first-order valence-electron chi connectivity index (χ1n) is 6.21. The molecule has 1 N–H and O–H groups in total. The molecule has 0 radical (unpaired) electrons. The summed E-state index contributed by atoms with van der Waals surface area (Å²) in [6.07, 6.45) is 0. The molecular weight excluding hydrogens is 272 g/mol. The van der Waals surface area contributed by atoms with Crippen LogP contribution in [0, 0.1) is 11.8 Å². The number of hydrogen-bond acceptors (Lipinski definition) is 2. The molecule has 0 aromatic heterocycles. The summed E-state index contributed by atoms with van der Waals surface area (Å²) in [6, 6.07) is 14.6. The predicted octanol–water partition coefficient (Wildman–Crippen LogP) is 4.25. The first-order valence-corrected chi connectivity index (χ1v) is 6.59. The van der Waals surface area contributed by atoms with Crippen molar-refractivity contribution in [2.75, 3.05) is 0 Å². The lowest BCUT2D eigenvalue weighted by Crippen LogP contribution is -2.14. The molecule has 0 amide bonds. The van der Waals surface area contributed by atoms with Crippen LogP contribution in [0.4, 0.5) is 0 Å². The van der Waals surface area contributed by atoms with Crippen molar-refractivity contribution in [1.82, 2.24) is 0 Å². The molecule has 3 heteroatoms. The highest BCUT2D eigenvalue weighted by molar-refractivity contribution is 6.30. The molecule has 0 fully saturated rings. The normalized spacial score (nSPS) is 10.6. The van der Waals surface area contributed by atoms with Gasteiger partial charge in [0, 0.05) is 10.6 Å². The molecule has 0 spiro atoms. The first-order chi connectivity index (χ1) is 9.42. The van der Waals surface area contributed by atoms with Gasteiger partial charge in [-0.25, -0.2) is 0 Å². The van der Waals surface area contributed by atoms with Gasteiger partial charge in [0.1, 0.15) is 17.1 Å². The third kappa shape index (κ3) is 4.62. The van der Waals surface area contributed by atoms with Crippen LogP contribution in [-0.4, -0.2) is 10.7 Å². The molecule has 2 nitrogen and oxygen atoms in total. The summed E-state index contributed by atoms with van der Waals surface area (Å²) in [4.78, 5) is 0. The summed E-state index contributed by atoms with van der Waals surface area (Å²) < 4.78 is 5.68. The fourth-order valence-electron chi connectivity index (χ4n) is 1.50. The summed E-state index contributed by atoms with van der Waals surface area (Å²) in [6.45, 7) is 3.30. The number of halogens is 1. The van der Waals surface area contributed by atoms with Crippen molar-refractivity contribution < 1.29 is 9.84 Å². The van der Waals surface area contributed by atoms with E-state index in [2.05, 4.69) is 11.8 Å². The van der Waals surface area contributed by atoms with E-state index in [1.54, 1.807) is 26.0 Å². The smallest absolute Gasteiger partial charge is 0.128 e. The Kier molecular flexibility index (Phi) is 4.34. The Morgan fingerprint density at radius 1 is 1.05 bits per heavy atom. The molecule has 0 heterocycles. The zero-order valence-electron chi connectivity index (χ0n) is 11.4. The zero-order valence-corrected chi connectivity index (χ0v) is 12.1. The largest absolute Gasteiger partial charge is 0.457 e. The van der Waals surface area contributed by atoms with Gasteiger partial charge in [0.15, 0.2) is 0 Å². The van der Waals surface area contributed by atoms with Crippen molar-refractivity contribution in [3.8, 4) is 23.3 Å². The van der Waals surface area contributed by atoms with Gasteiger partial charge in [-0.15, -0.1) is 0 Å². The number of rotatable bonds is 2. The number of hydrogen-bond donors (Lipinski definition) is 1. The average molecular weight is 287 g/mol. The lowest BCUT2D eigenvalue weighted by Gasteiger charge is -2.07. The molecule has 0 saturated carbocycles. The molecule has 0 aliphatic heterocycles. The van der Waals surface area contributed by atoms with Gasteiger partial charge in [-0.2, -0.15) is 0 Å². The number of benzene rings is 2. The molecule has 102 valence electrons. The van der Waals surface area contributed by atoms with E-state index in [9.17, 15) is 5.11 Å². The predicted molar refractivity (Wildman–Crippen MR) is 81.1 cm³/mol. The molecule has 0 aliphatic rings. The quantitative estimate of drug-likeness (QED) is 0.836. The Bertz CT molecular complexity index is 643. The Hall–Kier alpha value is -1.95. The second-order valence-corrected chi connectivity index (χ2v) is 5.33. The molecule has 0 unspecified atom stereocenters. The van der Waals surface area contributed by atoms with Crippen molar-refractivity contribution in [1.29, 1.82) is 0 Å². The van der Waals surface area contributed by atoms with Gasteiger partial charge >= 0.3 is 0 Å². The molecule has 0 atom stereocenters.